The first-order valence-electron chi connectivity index (χ1n) is 9.16. The minimum atomic E-state index is 0. The molecule has 0 radical (unpaired) electrons. The van der Waals surface area contributed by atoms with E-state index in [1.54, 1.807) is 7.11 Å². The van der Waals surface area contributed by atoms with Crippen LogP contribution in [-0.2, 0) is 0 Å². The predicted molar refractivity (Wildman–Crippen MR) is 124 cm³/mol. The van der Waals surface area contributed by atoms with Crippen LogP contribution in [0.4, 0.5) is 0 Å². The van der Waals surface area contributed by atoms with E-state index in [0.29, 0.717) is 0 Å². The fraction of sp³-hybridized carbons (Fsp3) is 0.185. The Bertz CT molecular complexity index is 925. The van der Waals surface area contributed by atoms with E-state index in [1.165, 1.54) is 27.5 Å². The zero-order valence-electron chi connectivity index (χ0n) is 16.6. The van der Waals surface area contributed by atoms with Gasteiger partial charge >= 0.3 is 0 Å². The molecule has 0 aliphatic rings. The first-order chi connectivity index (χ1) is 13.1. The van der Waals surface area contributed by atoms with Gasteiger partial charge in [-0.05, 0) is 43.7 Å². The lowest BCUT2D eigenvalue weighted by Gasteiger charge is -1.97. The number of hydrogen-bond acceptors (Lipinski definition) is 1. The monoisotopic (exact) mass is 372 g/mol. The molecule has 0 bridgehead atoms. The number of rotatable bonds is 1. The second kappa shape index (κ2) is 12.3. The van der Waals surface area contributed by atoms with Crippen LogP contribution in [0, 0.1) is 20.8 Å². The molecule has 0 saturated carbocycles. The van der Waals surface area contributed by atoms with Crippen LogP contribution in [0.15, 0.2) is 97.1 Å². The number of aryl methyl sites for hydroxylation is 3. The lowest BCUT2D eigenvalue weighted by molar-refractivity contribution is 0.414. The molecule has 0 aromatic heterocycles. The highest BCUT2D eigenvalue weighted by atomic mass is 16.5. The SMILES string of the molecule is C.COc1ccc(C)cc1.Cc1ccc2ccccc2c1.Cc1ccccc1. The molecule has 28 heavy (non-hydrogen) atoms. The maximum absolute atomic E-state index is 4.97. The van der Waals surface area contributed by atoms with Gasteiger partial charge in [-0.15, -0.1) is 0 Å². The molecule has 0 unspecified atom stereocenters. The van der Waals surface area contributed by atoms with Crippen molar-refractivity contribution in [3.63, 3.8) is 0 Å². The van der Waals surface area contributed by atoms with Crippen molar-refractivity contribution in [3.8, 4) is 5.75 Å². The lowest BCUT2D eigenvalue weighted by atomic mass is 10.1. The second-order valence-electron chi connectivity index (χ2n) is 6.52. The number of benzene rings is 4. The van der Waals surface area contributed by atoms with Crippen molar-refractivity contribution in [1.82, 2.24) is 0 Å². The Morgan fingerprint density at radius 1 is 0.500 bits per heavy atom. The van der Waals surface area contributed by atoms with Crippen molar-refractivity contribution >= 4 is 10.8 Å². The first-order valence-corrected chi connectivity index (χ1v) is 9.16. The van der Waals surface area contributed by atoms with Crippen molar-refractivity contribution in [1.29, 1.82) is 0 Å². The largest absolute Gasteiger partial charge is 0.497 e. The van der Waals surface area contributed by atoms with E-state index >= 15 is 0 Å². The number of fused-ring (bicyclic) bond motifs is 1. The van der Waals surface area contributed by atoms with Gasteiger partial charge in [-0.3, -0.25) is 0 Å². The molecular weight excluding hydrogens is 340 g/mol. The van der Waals surface area contributed by atoms with Crippen molar-refractivity contribution in [2.24, 2.45) is 0 Å². The zero-order valence-corrected chi connectivity index (χ0v) is 16.6. The fourth-order valence-corrected chi connectivity index (χ4v) is 2.52. The Morgan fingerprint density at radius 3 is 1.54 bits per heavy atom. The number of hydrogen-bond donors (Lipinski definition) is 0. The summed E-state index contributed by atoms with van der Waals surface area (Å²) in [5, 5.41) is 2.64. The average molecular weight is 373 g/mol. The van der Waals surface area contributed by atoms with Crippen LogP contribution in [-0.4, -0.2) is 7.11 Å². The molecule has 1 heteroatoms. The molecule has 1 nitrogen and oxygen atoms in total. The van der Waals surface area contributed by atoms with Crippen LogP contribution in [0.2, 0.25) is 0 Å². The third-order valence-corrected chi connectivity index (χ3v) is 4.10. The predicted octanol–water partition coefficient (Wildman–Crippen LogP) is 7.78. The third kappa shape index (κ3) is 8.09. The lowest BCUT2D eigenvalue weighted by Crippen LogP contribution is -1.80. The Morgan fingerprint density at radius 2 is 1.00 bits per heavy atom. The average Bonchev–Trinajstić information content (AvgIpc) is 2.70. The molecule has 0 aliphatic carbocycles. The molecule has 0 saturated heterocycles. The molecular formula is C27H32O. The van der Waals surface area contributed by atoms with Gasteiger partial charge in [-0.25, -0.2) is 0 Å². The highest BCUT2D eigenvalue weighted by Gasteiger charge is 1.89. The Hall–Kier alpha value is -3.06. The molecule has 0 atom stereocenters. The van der Waals surface area contributed by atoms with E-state index in [4.69, 9.17) is 4.74 Å². The minimum absolute atomic E-state index is 0. The second-order valence-corrected chi connectivity index (χ2v) is 6.52. The molecule has 4 rings (SSSR count). The molecule has 146 valence electrons. The van der Waals surface area contributed by atoms with Crippen molar-refractivity contribution in [3.05, 3.63) is 114 Å². The summed E-state index contributed by atoms with van der Waals surface area (Å²) in [6, 6.07) is 33.1. The van der Waals surface area contributed by atoms with Gasteiger partial charge in [0.05, 0.1) is 7.11 Å². The molecule has 0 fully saturated rings. The molecule has 0 heterocycles. The number of methoxy groups -OCH3 is 1. The summed E-state index contributed by atoms with van der Waals surface area (Å²) >= 11 is 0. The van der Waals surface area contributed by atoms with Gasteiger partial charge in [0.1, 0.15) is 5.75 Å². The van der Waals surface area contributed by atoms with Crippen molar-refractivity contribution in [2.45, 2.75) is 28.2 Å². The van der Waals surface area contributed by atoms with Gasteiger partial charge in [0.2, 0.25) is 0 Å². The summed E-state index contributed by atoms with van der Waals surface area (Å²) in [5.74, 6) is 0.917. The maximum Gasteiger partial charge on any atom is 0.118 e. The van der Waals surface area contributed by atoms with Crippen LogP contribution in [0.5, 0.6) is 5.75 Å². The van der Waals surface area contributed by atoms with E-state index in [0.717, 1.165) is 5.75 Å². The molecule has 0 spiro atoms. The fourth-order valence-electron chi connectivity index (χ4n) is 2.52. The first kappa shape index (κ1) is 23.0. The summed E-state index contributed by atoms with van der Waals surface area (Å²) in [6.07, 6.45) is 0. The van der Waals surface area contributed by atoms with E-state index < -0.39 is 0 Å². The van der Waals surface area contributed by atoms with Gasteiger partial charge in [-0.1, -0.05) is 109 Å². The minimum Gasteiger partial charge on any atom is -0.497 e. The highest BCUT2D eigenvalue weighted by molar-refractivity contribution is 5.82. The van der Waals surface area contributed by atoms with E-state index in [2.05, 4.69) is 75.4 Å². The summed E-state index contributed by atoms with van der Waals surface area (Å²) in [7, 11) is 1.67. The summed E-state index contributed by atoms with van der Waals surface area (Å²) < 4.78 is 4.97. The third-order valence-electron chi connectivity index (χ3n) is 4.10. The quantitative estimate of drug-likeness (QED) is 0.331. The van der Waals surface area contributed by atoms with Crippen LogP contribution in [0.1, 0.15) is 24.1 Å². The smallest absolute Gasteiger partial charge is 0.118 e. The van der Waals surface area contributed by atoms with Crippen LogP contribution < -0.4 is 4.74 Å². The maximum atomic E-state index is 4.97. The zero-order chi connectivity index (χ0) is 19.5. The van der Waals surface area contributed by atoms with Gasteiger partial charge in [0.15, 0.2) is 0 Å². The van der Waals surface area contributed by atoms with E-state index in [9.17, 15) is 0 Å². The molecule has 0 aliphatic heterocycles. The van der Waals surface area contributed by atoms with Crippen molar-refractivity contribution < 1.29 is 4.74 Å². The molecule has 4 aromatic carbocycles. The van der Waals surface area contributed by atoms with E-state index in [1.807, 2.05) is 42.5 Å². The standard InChI is InChI=1S/C11H10.C8H10O.C7H8.CH4/c1-9-6-7-10-4-2-3-5-11(10)8-9;1-7-3-5-8(9-2)6-4-7;1-7-5-3-2-4-6-7;/h2-8H,1H3;3-6H,1-2H3;2-6H,1H3;1H4. The van der Waals surface area contributed by atoms with Crippen molar-refractivity contribution in [2.75, 3.05) is 7.11 Å². The highest BCUT2D eigenvalue weighted by Crippen LogP contribution is 2.14. The normalized spacial score (nSPS) is 9.14. The Kier molecular flexibility index (Phi) is 10.1. The molecule has 0 amide bonds. The van der Waals surface area contributed by atoms with Gasteiger partial charge in [0.25, 0.3) is 0 Å². The van der Waals surface area contributed by atoms with Gasteiger partial charge < -0.3 is 4.74 Å². The summed E-state index contributed by atoms with van der Waals surface area (Å²) in [4.78, 5) is 0. The van der Waals surface area contributed by atoms with Crippen LogP contribution >= 0.6 is 0 Å². The number of ether oxygens (including phenoxy) is 1. The summed E-state index contributed by atoms with van der Waals surface area (Å²) in [6.45, 7) is 6.26. The topological polar surface area (TPSA) is 9.23 Å². The van der Waals surface area contributed by atoms with Crippen LogP contribution in [0.3, 0.4) is 0 Å². The van der Waals surface area contributed by atoms with E-state index in [-0.39, 0.29) is 7.43 Å². The van der Waals surface area contributed by atoms with Gasteiger partial charge in [-0.2, -0.15) is 0 Å². The molecule has 0 N–H and O–H groups in total. The summed E-state index contributed by atoms with van der Waals surface area (Å²) in [5.41, 5.74) is 3.90. The molecule has 4 aromatic rings. The Balaban J connectivity index is 0.000000212. The Labute approximate surface area is 170 Å². The van der Waals surface area contributed by atoms with Crippen LogP contribution in [0.25, 0.3) is 10.8 Å². The van der Waals surface area contributed by atoms with Gasteiger partial charge in [0, 0.05) is 0 Å².